The summed E-state index contributed by atoms with van der Waals surface area (Å²) in [6, 6.07) is 8.31. The van der Waals surface area contributed by atoms with Crippen LogP contribution in [0, 0.1) is 5.92 Å². The second-order valence-corrected chi connectivity index (χ2v) is 6.98. The summed E-state index contributed by atoms with van der Waals surface area (Å²) < 4.78 is 12.0. The lowest BCUT2D eigenvalue weighted by Crippen LogP contribution is -2.36. The van der Waals surface area contributed by atoms with E-state index in [9.17, 15) is 0 Å². The highest BCUT2D eigenvalue weighted by Gasteiger charge is 2.23. The van der Waals surface area contributed by atoms with Crippen molar-refractivity contribution in [2.24, 2.45) is 5.92 Å². The Bertz CT molecular complexity index is 445. The zero-order chi connectivity index (χ0) is 15.5. The van der Waals surface area contributed by atoms with Gasteiger partial charge in [-0.1, -0.05) is 31.4 Å². The first-order valence-electron chi connectivity index (χ1n) is 7.95. The third-order valence-corrected chi connectivity index (χ3v) is 4.58. The first-order chi connectivity index (χ1) is 9.87. The average Bonchev–Trinajstić information content (AvgIpc) is 2.83. The molecule has 1 aromatic carbocycles. The Kier molecular flexibility index (Phi) is 5.34. The van der Waals surface area contributed by atoms with E-state index < -0.39 is 0 Å². The van der Waals surface area contributed by atoms with E-state index in [-0.39, 0.29) is 5.60 Å². The summed E-state index contributed by atoms with van der Waals surface area (Å²) >= 11 is 0. The van der Waals surface area contributed by atoms with E-state index in [0.717, 1.165) is 25.3 Å². The summed E-state index contributed by atoms with van der Waals surface area (Å²) in [7, 11) is 2.79. The Morgan fingerprint density at radius 1 is 1.24 bits per heavy atom. The van der Waals surface area contributed by atoms with Gasteiger partial charge in [-0.05, 0) is 45.4 Å². The molecule has 0 radical (unpaired) electrons. The van der Waals surface area contributed by atoms with E-state index >= 15 is 0 Å². The monoisotopic (exact) mass is 289 g/mol. The van der Waals surface area contributed by atoms with Crippen molar-refractivity contribution in [3.63, 3.8) is 0 Å². The third-order valence-electron chi connectivity index (χ3n) is 4.58. The molecule has 1 heterocycles. The van der Waals surface area contributed by atoms with Gasteiger partial charge in [0, 0.05) is 18.7 Å². The van der Waals surface area contributed by atoms with Crippen LogP contribution < -0.4 is 10.2 Å². The van der Waals surface area contributed by atoms with Crippen LogP contribution in [-0.2, 0) is 4.65 Å². The van der Waals surface area contributed by atoms with E-state index in [1.165, 1.54) is 5.46 Å². The molecule has 4 heteroatoms. The molecule has 0 spiro atoms. The largest absolute Gasteiger partial charge is 0.489 e. The van der Waals surface area contributed by atoms with Gasteiger partial charge in [0.05, 0.1) is 0 Å². The molecule has 3 nitrogen and oxygen atoms in total. The van der Waals surface area contributed by atoms with Crippen LogP contribution in [0.5, 0.6) is 5.75 Å². The van der Waals surface area contributed by atoms with Gasteiger partial charge in [0.25, 0.3) is 0 Å². The summed E-state index contributed by atoms with van der Waals surface area (Å²) in [5.74, 6) is 1.46. The minimum Gasteiger partial charge on any atom is -0.489 e. The summed E-state index contributed by atoms with van der Waals surface area (Å²) in [6.45, 7) is 10.8. The van der Waals surface area contributed by atoms with Crippen molar-refractivity contribution < 1.29 is 9.39 Å². The van der Waals surface area contributed by atoms with Crippen molar-refractivity contribution in [1.29, 1.82) is 0 Å². The molecule has 1 aliphatic heterocycles. The molecule has 21 heavy (non-hydrogen) atoms. The number of hydrogen-bond donors (Lipinski definition) is 0. The number of hydrogen-bond acceptors (Lipinski definition) is 3. The van der Waals surface area contributed by atoms with Gasteiger partial charge in [0.1, 0.15) is 11.9 Å². The van der Waals surface area contributed by atoms with Gasteiger partial charge in [0.15, 0.2) is 0 Å². The predicted molar refractivity (Wildman–Crippen MR) is 89.8 cm³/mol. The lowest BCUT2D eigenvalue weighted by atomic mass is 9.84. The van der Waals surface area contributed by atoms with Crippen LogP contribution in [0.4, 0.5) is 0 Å². The maximum atomic E-state index is 6.02. The summed E-state index contributed by atoms with van der Waals surface area (Å²) in [5, 5.41) is 0. The molecular formula is C17H28BNO2. The van der Waals surface area contributed by atoms with E-state index in [1.807, 2.05) is 0 Å². The Morgan fingerprint density at radius 2 is 1.90 bits per heavy atom. The molecule has 2 rings (SSSR count). The minimum atomic E-state index is -0.0936. The number of likely N-dealkylation sites (tertiary alicyclic amines) is 1. The van der Waals surface area contributed by atoms with Gasteiger partial charge in [-0.15, -0.1) is 0 Å². The lowest BCUT2D eigenvalue weighted by Gasteiger charge is -2.30. The van der Waals surface area contributed by atoms with Gasteiger partial charge in [-0.25, -0.2) is 0 Å². The molecule has 1 saturated heterocycles. The van der Waals surface area contributed by atoms with E-state index in [4.69, 9.17) is 9.39 Å². The molecule has 0 amide bonds. The van der Waals surface area contributed by atoms with E-state index in [2.05, 4.69) is 63.9 Å². The molecule has 0 N–H and O–H groups in total. The maximum absolute atomic E-state index is 6.02. The lowest BCUT2D eigenvalue weighted by molar-refractivity contribution is 0.0668. The van der Waals surface area contributed by atoms with Crippen molar-refractivity contribution in [2.75, 3.05) is 20.1 Å². The fraction of sp³-hybridized carbons (Fsp3) is 0.647. The Morgan fingerprint density at radius 3 is 2.43 bits per heavy atom. The molecule has 0 bridgehead atoms. The van der Waals surface area contributed by atoms with Crippen LogP contribution in [0.2, 0.25) is 0 Å². The zero-order valence-electron chi connectivity index (χ0n) is 14.1. The fourth-order valence-corrected chi connectivity index (χ4v) is 2.28. The molecule has 0 aromatic heterocycles. The summed E-state index contributed by atoms with van der Waals surface area (Å²) in [4.78, 5) is 2.31. The highest BCUT2D eigenvalue weighted by atomic mass is 16.5. The fourth-order valence-electron chi connectivity index (χ4n) is 2.28. The van der Waals surface area contributed by atoms with Gasteiger partial charge in [-0.3, -0.25) is 0 Å². The summed E-state index contributed by atoms with van der Waals surface area (Å²) in [6.07, 6.45) is 1.45. The Hall–Kier alpha value is -0.995. The Labute approximate surface area is 129 Å². The number of likely N-dealkylation sites (N-methyl/N-ethyl adjacent to an activating group) is 1. The third kappa shape index (κ3) is 4.75. The van der Waals surface area contributed by atoms with Crippen molar-refractivity contribution in [2.45, 2.75) is 45.8 Å². The van der Waals surface area contributed by atoms with Crippen molar-refractivity contribution >= 4 is 12.9 Å². The van der Waals surface area contributed by atoms with Crippen molar-refractivity contribution in [1.82, 2.24) is 4.90 Å². The second-order valence-electron chi connectivity index (χ2n) is 6.98. The van der Waals surface area contributed by atoms with Gasteiger partial charge in [-0.2, -0.15) is 0 Å². The van der Waals surface area contributed by atoms with Crippen LogP contribution >= 0.6 is 0 Å². The first kappa shape index (κ1) is 16.4. The van der Waals surface area contributed by atoms with Crippen LogP contribution in [0.1, 0.15) is 34.1 Å². The highest BCUT2D eigenvalue weighted by Crippen LogP contribution is 2.20. The molecule has 1 aromatic rings. The molecular weight excluding hydrogens is 261 g/mol. The molecule has 1 aliphatic rings. The SMILES string of the molecule is CC(C)C(C)(C)OBc1ccc(OC2CCN(C)C2)cc1. The molecule has 1 unspecified atom stereocenters. The first-order valence-corrected chi connectivity index (χ1v) is 7.95. The van der Waals surface area contributed by atoms with E-state index in [0.29, 0.717) is 19.5 Å². The van der Waals surface area contributed by atoms with Crippen molar-refractivity contribution in [3.05, 3.63) is 24.3 Å². The van der Waals surface area contributed by atoms with E-state index in [1.54, 1.807) is 0 Å². The molecule has 1 atom stereocenters. The quantitative estimate of drug-likeness (QED) is 0.749. The molecule has 0 aliphatic carbocycles. The van der Waals surface area contributed by atoms with Crippen LogP contribution in [-0.4, -0.2) is 44.2 Å². The average molecular weight is 289 g/mol. The second kappa shape index (κ2) is 6.84. The van der Waals surface area contributed by atoms with Crippen molar-refractivity contribution in [3.8, 4) is 5.75 Å². The normalized spacial score (nSPS) is 20.0. The predicted octanol–water partition coefficient (Wildman–Crippen LogP) is 2.20. The number of rotatable bonds is 6. The topological polar surface area (TPSA) is 21.7 Å². The number of benzene rings is 1. The number of nitrogens with zero attached hydrogens (tertiary/aromatic N) is 1. The van der Waals surface area contributed by atoms with Crippen LogP contribution in [0.15, 0.2) is 24.3 Å². The standard InChI is InChI=1S/C17H28BNO2/c1-13(2)17(3,4)21-18-14-6-8-15(9-7-14)20-16-10-11-19(5)12-16/h6-9,13,16,18H,10-12H2,1-5H3. The van der Waals surface area contributed by atoms with Gasteiger partial charge in [0.2, 0.25) is 0 Å². The highest BCUT2D eigenvalue weighted by molar-refractivity contribution is 6.47. The summed E-state index contributed by atoms with van der Waals surface area (Å²) in [5.41, 5.74) is 1.10. The molecule has 116 valence electrons. The molecule has 1 fully saturated rings. The maximum Gasteiger partial charge on any atom is 0.309 e. The zero-order valence-corrected chi connectivity index (χ0v) is 14.1. The molecule has 0 saturated carbocycles. The Balaban J connectivity index is 1.84. The smallest absolute Gasteiger partial charge is 0.309 e. The minimum absolute atomic E-state index is 0.0936. The van der Waals surface area contributed by atoms with Crippen LogP contribution in [0.25, 0.3) is 0 Å². The van der Waals surface area contributed by atoms with Gasteiger partial charge < -0.3 is 14.3 Å². The number of ether oxygens (including phenoxy) is 1. The van der Waals surface area contributed by atoms with Gasteiger partial charge >= 0.3 is 7.48 Å². The van der Waals surface area contributed by atoms with Crippen LogP contribution in [0.3, 0.4) is 0 Å².